The fourth-order valence-electron chi connectivity index (χ4n) is 2.89. The molecule has 0 saturated heterocycles. The Kier molecular flexibility index (Phi) is 4.95. The van der Waals surface area contributed by atoms with Crippen molar-refractivity contribution in [3.63, 3.8) is 0 Å². The standard InChI is InChI=1S/C19H20ClNO3/c1-12(24-16-8-6-13-4-3-5-14(13)10-16)19(22)21-17-11-15(20)7-9-18(17)23-2/h6-12H,3-5H2,1-2H3,(H,21,22). The first-order valence-electron chi connectivity index (χ1n) is 7.99. The minimum absolute atomic E-state index is 0.254. The third-order valence-corrected chi connectivity index (χ3v) is 4.41. The maximum absolute atomic E-state index is 12.4. The number of nitrogens with one attached hydrogen (secondary N) is 1. The second-order valence-corrected chi connectivity index (χ2v) is 6.31. The lowest BCUT2D eigenvalue weighted by atomic mass is 10.1. The molecular weight excluding hydrogens is 326 g/mol. The van der Waals surface area contributed by atoms with Crippen LogP contribution in [0.25, 0.3) is 0 Å². The molecule has 4 nitrogen and oxygen atoms in total. The molecule has 2 aromatic carbocycles. The van der Waals surface area contributed by atoms with Gasteiger partial charge in [-0.05, 0) is 67.6 Å². The summed E-state index contributed by atoms with van der Waals surface area (Å²) in [5.41, 5.74) is 3.22. The number of rotatable bonds is 5. The molecule has 1 N–H and O–H groups in total. The van der Waals surface area contributed by atoms with Crippen molar-refractivity contribution in [2.45, 2.75) is 32.3 Å². The number of ether oxygens (including phenoxy) is 2. The number of aryl methyl sites for hydroxylation is 2. The van der Waals surface area contributed by atoms with Crippen molar-refractivity contribution in [2.75, 3.05) is 12.4 Å². The Bertz CT molecular complexity index is 760. The van der Waals surface area contributed by atoms with E-state index in [1.807, 2.05) is 12.1 Å². The van der Waals surface area contributed by atoms with Crippen molar-refractivity contribution >= 4 is 23.2 Å². The third kappa shape index (κ3) is 3.65. The maximum atomic E-state index is 12.4. The molecule has 1 aliphatic rings. The first-order chi connectivity index (χ1) is 11.6. The number of hydrogen-bond acceptors (Lipinski definition) is 3. The van der Waals surface area contributed by atoms with Crippen LogP contribution in [-0.2, 0) is 17.6 Å². The summed E-state index contributed by atoms with van der Waals surface area (Å²) >= 11 is 5.98. The summed E-state index contributed by atoms with van der Waals surface area (Å²) in [6.07, 6.45) is 2.75. The van der Waals surface area contributed by atoms with E-state index in [0.29, 0.717) is 16.5 Å². The lowest BCUT2D eigenvalue weighted by molar-refractivity contribution is -0.122. The zero-order valence-corrected chi connectivity index (χ0v) is 14.5. The molecule has 3 rings (SSSR count). The van der Waals surface area contributed by atoms with E-state index in [1.54, 1.807) is 32.2 Å². The minimum Gasteiger partial charge on any atom is -0.495 e. The highest BCUT2D eigenvalue weighted by molar-refractivity contribution is 6.31. The van der Waals surface area contributed by atoms with E-state index in [9.17, 15) is 4.79 Å². The van der Waals surface area contributed by atoms with Gasteiger partial charge in [-0.15, -0.1) is 0 Å². The largest absolute Gasteiger partial charge is 0.495 e. The lowest BCUT2D eigenvalue weighted by Gasteiger charge is -2.17. The number of benzene rings is 2. The summed E-state index contributed by atoms with van der Waals surface area (Å²) < 4.78 is 11.0. The van der Waals surface area contributed by atoms with Crippen LogP contribution in [0, 0.1) is 0 Å². The monoisotopic (exact) mass is 345 g/mol. The van der Waals surface area contributed by atoms with E-state index in [1.165, 1.54) is 17.5 Å². The van der Waals surface area contributed by atoms with Crippen LogP contribution in [-0.4, -0.2) is 19.1 Å². The van der Waals surface area contributed by atoms with Crippen LogP contribution >= 0.6 is 11.6 Å². The van der Waals surface area contributed by atoms with Gasteiger partial charge < -0.3 is 14.8 Å². The highest BCUT2D eigenvalue weighted by Crippen LogP contribution is 2.29. The van der Waals surface area contributed by atoms with Crippen molar-refractivity contribution in [1.29, 1.82) is 0 Å². The van der Waals surface area contributed by atoms with Gasteiger partial charge in [-0.2, -0.15) is 0 Å². The minimum atomic E-state index is -0.631. The van der Waals surface area contributed by atoms with E-state index in [2.05, 4.69) is 11.4 Å². The number of hydrogen-bond donors (Lipinski definition) is 1. The molecule has 0 saturated carbocycles. The highest BCUT2D eigenvalue weighted by atomic mass is 35.5. The fraction of sp³-hybridized carbons (Fsp3) is 0.316. The van der Waals surface area contributed by atoms with Crippen LogP contribution in [0.3, 0.4) is 0 Å². The van der Waals surface area contributed by atoms with E-state index < -0.39 is 6.10 Å². The molecule has 1 aliphatic carbocycles. The van der Waals surface area contributed by atoms with Crippen molar-refractivity contribution in [2.24, 2.45) is 0 Å². The number of anilines is 1. The smallest absolute Gasteiger partial charge is 0.265 e. The van der Waals surface area contributed by atoms with Crippen molar-refractivity contribution in [3.8, 4) is 11.5 Å². The van der Waals surface area contributed by atoms with Crippen molar-refractivity contribution in [3.05, 3.63) is 52.5 Å². The molecule has 0 heterocycles. The molecule has 1 amide bonds. The van der Waals surface area contributed by atoms with E-state index in [-0.39, 0.29) is 5.91 Å². The summed E-state index contributed by atoms with van der Waals surface area (Å²) in [5.74, 6) is 1.02. The normalized spacial score (nSPS) is 14.0. The molecule has 1 unspecified atom stereocenters. The van der Waals surface area contributed by atoms with Crippen LogP contribution in [0.5, 0.6) is 11.5 Å². The first-order valence-corrected chi connectivity index (χ1v) is 8.37. The summed E-state index contributed by atoms with van der Waals surface area (Å²) in [6, 6.07) is 11.1. The SMILES string of the molecule is COc1ccc(Cl)cc1NC(=O)C(C)Oc1ccc2c(c1)CCC2. The molecule has 0 aromatic heterocycles. The Morgan fingerprint density at radius 2 is 1.96 bits per heavy atom. The first kappa shape index (κ1) is 16.7. The number of carbonyl (C=O) groups is 1. The number of methoxy groups -OCH3 is 1. The number of amides is 1. The van der Waals surface area contributed by atoms with Crippen molar-refractivity contribution in [1.82, 2.24) is 0 Å². The molecule has 0 aliphatic heterocycles. The molecule has 1 atom stereocenters. The van der Waals surface area contributed by atoms with Gasteiger partial charge >= 0.3 is 0 Å². The van der Waals surface area contributed by atoms with E-state index >= 15 is 0 Å². The number of halogens is 1. The Labute approximate surface area is 146 Å². The van der Waals surface area contributed by atoms with Gasteiger partial charge in [0, 0.05) is 5.02 Å². The van der Waals surface area contributed by atoms with Gasteiger partial charge in [0.2, 0.25) is 0 Å². The molecule has 126 valence electrons. The van der Waals surface area contributed by atoms with Gasteiger partial charge in [0.15, 0.2) is 6.10 Å². The van der Waals surface area contributed by atoms with Crippen molar-refractivity contribution < 1.29 is 14.3 Å². The zero-order chi connectivity index (χ0) is 17.1. The van der Waals surface area contributed by atoms with E-state index in [4.69, 9.17) is 21.1 Å². The average molecular weight is 346 g/mol. The van der Waals surface area contributed by atoms with Gasteiger partial charge in [0.1, 0.15) is 11.5 Å². The van der Waals surface area contributed by atoms with Crippen LogP contribution in [0.4, 0.5) is 5.69 Å². The summed E-state index contributed by atoms with van der Waals surface area (Å²) in [6.45, 7) is 1.72. The van der Waals surface area contributed by atoms with Crippen LogP contribution in [0.1, 0.15) is 24.5 Å². The second kappa shape index (κ2) is 7.14. The topological polar surface area (TPSA) is 47.6 Å². The summed E-state index contributed by atoms with van der Waals surface area (Å²) in [7, 11) is 1.55. The third-order valence-electron chi connectivity index (χ3n) is 4.17. The number of carbonyl (C=O) groups excluding carboxylic acids is 1. The summed E-state index contributed by atoms with van der Waals surface area (Å²) in [4.78, 5) is 12.4. The molecular formula is C19H20ClNO3. The molecule has 24 heavy (non-hydrogen) atoms. The predicted octanol–water partition coefficient (Wildman–Crippen LogP) is 4.24. The van der Waals surface area contributed by atoms with Crippen LogP contribution in [0.2, 0.25) is 5.02 Å². The number of fused-ring (bicyclic) bond motifs is 1. The Morgan fingerprint density at radius 1 is 1.17 bits per heavy atom. The molecule has 5 heteroatoms. The van der Waals surface area contributed by atoms with Gasteiger partial charge in [-0.3, -0.25) is 4.79 Å². The maximum Gasteiger partial charge on any atom is 0.265 e. The summed E-state index contributed by atoms with van der Waals surface area (Å²) in [5, 5.41) is 3.33. The Morgan fingerprint density at radius 3 is 2.75 bits per heavy atom. The molecule has 0 radical (unpaired) electrons. The quantitative estimate of drug-likeness (QED) is 0.881. The van der Waals surface area contributed by atoms with E-state index in [0.717, 1.165) is 18.6 Å². The van der Waals surface area contributed by atoms with Crippen LogP contribution in [0.15, 0.2) is 36.4 Å². The lowest BCUT2D eigenvalue weighted by Crippen LogP contribution is -2.30. The van der Waals surface area contributed by atoms with Gasteiger partial charge in [0.25, 0.3) is 5.91 Å². The molecule has 0 bridgehead atoms. The molecule has 0 spiro atoms. The predicted molar refractivity (Wildman–Crippen MR) is 95.2 cm³/mol. The molecule has 2 aromatic rings. The fourth-order valence-corrected chi connectivity index (χ4v) is 3.06. The zero-order valence-electron chi connectivity index (χ0n) is 13.8. The Balaban J connectivity index is 1.68. The van der Waals surface area contributed by atoms with Gasteiger partial charge in [-0.1, -0.05) is 17.7 Å². The molecule has 0 fully saturated rings. The van der Waals surface area contributed by atoms with Crippen LogP contribution < -0.4 is 14.8 Å². The second-order valence-electron chi connectivity index (χ2n) is 5.88. The van der Waals surface area contributed by atoms with Gasteiger partial charge in [-0.25, -0.2) is 0 Å². The Hall–Kier alpha value is -2.20. The average Bonchev–Trinajstić information content (AvgIpc) is 3.02. The highest BCUT2D eigenvalue weighted by Gasteiger charge is 2.18. The van der Waals surface area contributed by atoms with Gasteiger partial charge in [0.05, 0.1) is 12.8 Å².